The highest BCUT2D eigenvalue weighted by Gasteiger charge is 2.16. The van der Waals surface area contributed by atoms with E-state index in [1.54, 1.807) is 24.3 Å². The zero-order valence-corrected chi connectivity index (χ0v) is 17.1. The number of hydrogen-bond acceptors (Lipinski definition) is 9. The number of aromatic nitrogens is 3. The fraction of sp³-hybridized carbons (Fsp3) is 0.238. The van der Waals surface area contributed by atoms with Crippen LogP contribution in [0.25, 0.3) is 0 Å². The summed E-state index contributed by atoms with van der Waals surface area (Å²) in [6.07, 6.45) is 4.74. The minimum Gasteiger partial charge on any atom is -0.341 e. The molecule has 1 saturated heterocycles. The van der Waals surface area contributed by atoms with Gasteiger partial charge in [-0.15, -0.1) is 0 Å². The molecule has 0 radical (unpaired) electrons. The molecule has 3 aromatic rings. The molecule has 10 nitrogen and oxygen atoms in total. The Kier molecular flexibility index (Phi) is 6.44. The van der Waals surface area contributed by atoms with Gasteiger partial charge in [0.2, 0.25) is 17.8 Å². The van der Waals surface area contributed by atoms with E-state index < -0.39 is 4.92 Å². The molecule has 0 unspecified atom stereocenters. The van der Waals surface area contributed by atoms with Crippen LogP contribution in [0.15, 0.2) is 53.6 Å². The Bertz CT molecular complexity index is 1120. The van der Waals surface area contributed by atoms with Gasteiger partial charge in [-0.05, 0) is 49.1 Å². The van der Waals surface area contributed by atoms with Crippen molar-refractivity contribution in [2.45, 2.75) is 19.3 Å². The summed E-state index contributed by atoms with van der Waals surface area (Å²) >= 11 is 0. The topological polar surface area (TPSA) is 121 Å². The van der Waals surface area contributed by atoms with Crippen molar-refractivity contribution in [3.8, 4) is 0 Å². The van der Waals surface area contributed by atoms with E-state index in [1.807, 2.05) is 0 Å². The number of nitrogens with zero attached hydrogens (tertiary/aromatic N) is 6. The molecule has 164 valence electrons. The number of benzene rings is 2. The Morgan fingerprint density at radius 1 is 1.03 bits per heavy atom. The average molecular weight is 436 g/mol. The SMILES string of the molecule is O=[N+]([O-])c1ccc(Nc2nc(N/N=C\c3cccc(F)c3)nc(N3CCCCC3)n2)cc1. The van der Waals surface area contributed by atoms with E-state index in [0.29, 0.717) is 17.2 Å². The normalized spacial score (nSPS) is 13.8. The number of non-ortho nitro benzene ring substituents is 1. The van der Waals surface area contributed by atoms with E-state index in [4.69, 9.17) is 0 Å². The predicted octanol–water partition coefficient (Wildman–Crippen LogP) is 4.10. The van der Waals surface area contributed by atoms with Gasteiger partial charge in [-0.1, -0.05) is 12.1 Å². The van der Waals surface area contributed by atoms with Gasteiger partial charge in [-0.3, -0.25) is 10.1 Å². The van der Waals surface area contributed by atoms with Gasteiger partial charge in [0.05, 0.1) is 11.1 Å². The number of anilines is 4. The maximum absolute atomic E-state index is 13.3. The third-order valence-electron chi connectivity index (χ3n) is 4.82. The monoisotopic (exact) mass is 436 g/mol. The average Bonchev–Trinajstić information content (AvgIpc) is 2.80. The number of nitro groups is 1. The highest BCUT2D eigenvalue weighted by Crippen LogP contribution is 2.22. The molecule has 32 heavy (non-hydrogen) atoms. The van der Waals surface area contributed by atoms with Gasteiger partial charge < -0.3 is 10.2 Å². The number of halogens is 1. The van der Waals surface area contributed by atoms with Crippen molar-refractivity contribution >= 4 is 35.4 Å². The lowest BCUT2D eigenvalue weighted by atomic mass is 10.1. The molecule has 0 saturated carbocycles. The van der Waals surface area contributed by atoms with Crippen LogP contribution < -0.4 is 15.6 Å². The Hall–Kier alpha value is -4.15. The molecule has 0 bridgehead atoms. The van der Waals surface area contributed by atoms with Gasteiger partial charge in [0, 0.05) is 30.9 Å². The van der Waals surface area contributed by atoms with Crippen molar-refractivity contribution in [3.05, 3.63) is 70.0 Å². The van der Waals surface area contributed by atoms with Crippen LogP contribution in [0.5, 0.6) is 0 Å². The van der Waals surface area contributed by atoms with E-state index in [2.05, 4.69) is 35.7 Å². The zero-order chi connectivity index (χ0) is 22.3. The van der Waals surface area contributed by atoms with E-state index in [1.165, 1.54) is 36.9 Å². The third-order valence-corrected chi connectivity index (χ3v) is 4.82. The number of rotatable bonds is 7. The summed E-state index contributed by atoms with van der Waals surface area (Å²) < 4.78 is 13.3. The number of piperidine rings is 1. The highest BCUT2D eigenvalue weighted by atomic mass is 19.1. The molecule has 2 aromatic carbocycles. The van der Waals surface area contributed by atoms with Gasteiger partial charge in [0.1, 0.15) is 5.82 Å². The minimum absolute atomic E-state index is 0.00533. The lowest BCUT2D eigenvalue weighted by molar-refractivity contribution is -0.384. The van der Waals surface area contributed by atoms with Crippen LogP contribution in [0.4, 0.5) is 33.6 Å². The maximum atomic E-state index is 13.3. The van der Waals surface area contributed by atoms with Crippen LogP contribution in [0.1, 0.15) is 24.8 Å². The van der Waals surface area contributed by atoms with Crippen LogP contribution in [0.2, 0.25) is 0 Å². The summed E-state index contributed by atoms with van der Waals surface area (Å²) in [6, 6.07) is 12.0. The Morgan fingerprint density at radius 2 is 1.78 bits per heavy atom. The lowest BCUT2D eigenvalue weighted by Crippen LogP contribution is -2.31. The van der Waals surface area contributed by atoms with Crippen molar-refractivity contribution in [2.24, 2.45) is 5.10 Å². The summed E-state index contributed by atoms with van der Waals surface area (Å²) in [4.78, 5) is 25.8. The molecule has 1 aromatic heterocycles. The second-order valence-corrected chi connectivity index (χ2v) is 7.18. The number of nitro benzene ring substituents is 1. The van der Waals surface area contributed by atoms with Gasteiger partial charge >= 0.3 is 0 Å². The molecule has 0 amide bonds. The smallest absolute Gasteiger partial charge is 0.269 e. The second-order valence-electron chi connectivity index (χ2n) is 7.18. The molecule has 0 atom stereocenters. The molecule has 11 heteroatoms. The standard InChI is InChI=1S/C21H21FN8O2/c22-16-6-4-5-15(13-16)14-23-28-20-25-19(24-17-7-9-18(10-8-17)30(31)32)26-21(27-20)29-11-2-1-3-12-29/h4-10,13-14H,1-3,11-12H2,(H2,24,25,26,27,28)/b23-14-. The minimum atomic E-state index is -0.459. The second kappa shape index (κ2) is 9.77. The molecule has 2 N–H and O–H groups in total. The van der Waals surface area contributed by atoms with Crippen molar-refractivity contribution in [3.63, 3.8) is 0 Å². The van der Waals surface area contributed by atoms with Crippen LogP contribution in [-0.2, 0) is 0 Å². The molecule has 1 aliphatic rings. The predicted molar refractivity (Wildman–Crippen MR) is 120 cm³/mol. The first-order valence-electron chi connectivity index (χ1n) is 10.1. The molecular weight excluding hydrogens is 415 g/mol. The number of nitrogens with one attached hydrogen (secondary N) is 2. The third kappa shape index (κ3) is 5.50. The Morgan fingerprint density at radius 3 is 2.50 bits per heavy atom. The van der Waals surface area contributed by atoms with Crippen LogP contribution >= 0.6 is 0 Å². The van der Waals surface area contributed by atoms with E-state index in [-0.39, 0.29) is 23.4 Å². The Balaban J connectivity index is 1.56. The molecule has 4 rings (SSSR count). The first-order chi connectivity index (χ1) is 15.6. The first-order valence-corrected chi connectivity index (χ1v) is 10.1. The van der Waals surface area contributed by atoms with Crippen molar-refractivity contribution in [2.75, 3.05) is 28.7 Å². The van der Waals surface area contributed by atoms with Crippen molar-refractivity contribution in [1.82, 2.24) is 15.0 Å². The molecular formula is C21H21FN8O2. The summed E-state index contributed by atoms with van der Waals surface area (Å²) in [5.41, 5.74) is 3.95. The quantitative estimate of drug-likeness (QED) is 0.323. The molecule has 0 spiro atoms. The van der Waals surface area contributed by atoms with Gasteiger partial charge in [0.25, 0.3) is 5.69 Å². The van der Waals surface area contributed by atoms with Gasteiger partial charge in [-0.25, -0.2) is 9.82 Å². The number of hydrazone groups is 1. The summed E-state index contributed by atoms with van der Waals surface area (Å²) in [7, 11) is 0. The lowest BCUT2D eigenvalue weighted by Gasteiger charge is -2.26. The van der Waals surface area contributed by atoms with Crippen LogP contribution in [-0.4, -0.2) is 39.2 Å². The fourth-order valence-electron chi connectivity index (χ4n) is 3.25. The zero-order valence-electron chi connectivity index (χ0n) is 17.1. The maximum Gasteiger partial charge on any atom is 0.269 e. The summed E-state index contributed by atoms with van der Waals surface area (Å²) in [5, 5.41) is 18.0. The summed E-state index contributed by atoms with van der Waals surface area (Å²) in [5.74, 6) is 0.652. The summed E-state index contributed by atoms with van der Waals surface area (Å²) in [6.45, 7) is 1.68. The molecule has 2 heterocycles. The van der Waals surface area contributed by atoms with Crippen molar-refractivity contribution < 1.29 is 9.31 Å². The first kappa shape index (κ1) is 21.1. The Labute approximate surface area is 183 Å². The largest absolute Gasteiger partial charge is 0.341 e. The van der Waals surface area contributed by atoms with Gasteiger partial charge in [0.15, 0.2) is 0 Å². The van der Waals surface area contributed by atoms with E-state index in [9.17, 15) is 14.5 Å². The van der Waals surface area contributed by atoms with Gasteiger partial charge in [-0.2, -0.15) is 20.1 Å². The molecule has 0 aliphatic carbocycles. The molecule has 1 aliphatic heterocycles. The van der Waals surface area contributed by atoms with Crippen LogP contribution in [0.3, 0.4) is 0 Å². The molecule has 1 fully saturated rings. The van der Waals surface area contributed by atoms with Crippen LogP contribution in [0, 0.1) is 15.9 Å². The number of hydrogen-bond donors (Lipinski definition) is 2. The van der Waals surface area contributed by atoms with E-state index in [0.717, 1.165) is 25.9 Å². The van der Waals surface area contributed by atoms with E-state index >= 15 is 0 Å². The van der Waals surface area contributed by atoms with Crippen molar-refractivity contribution in [1.29, 1.82) is 0 Å². The highest BCUT2D eigenvalue weighted by molar-refractivity contribution is 5.79. The fourth-order valence-corrected chi connectivity index (χ4v) is 3.25.